The van der Waals surface area contributed by atoms with Gasteiger partial charge in [-0.15, -0.1) is 0 Å². The van der Waals surface area contributed by atoms with Crippen molar-refractivity contribution in [3.05, 3.63) is 0 Å². The van der Waals surface area contributed by atoms with Crippen LogP contribution in [0.3, 0.4) is 0 Å². The van der Waals surface area contributed by atoms with E-state index in [2.05, 4.69) is 4.99 Å². The Morgan fingerprint density at radius 3 is 2.26 bits per heavy atom. The van der Waals surface area contributed by atoms with E-state index >= 15 is 0 Å². The van der Waals surface area contributed by atoms with Gasteiger partial charge in [-0.05, 0) is 18.8 Å². The molecule has 2 fully saturated rings. The van der Waals surface area contributed by atoms with Crippen LogP contribution in [0.15, 0.2) is 4.99 Å². The summed E-state index contributed by atoms with van der Waals surface area (Å²) < 4.78 is 60.7. The van der Waals surface area contributed by atoms with Crippen molar-refractivity contribution in [1.82, 2.24) is 9.21 Å². The van der Waals surface area contributed by atoms with Crippen LogP contribution < -0.4 is 5.73 Å². The lowest BCUT2D eigenvalue weighted by Gasteiger charge is -2.31. The van der Waals surface area contributed by atoms with Gasteiger partial charge in [-0.1, -0.05) is 0 Å². The van der Waals surface area contributed by atoms with E-state index in [0.29, 0.717) is 29.7 Å². The van der Waals surface area contributed by atoms with E-state index < -0.39 is 15.5 Å². The van der Waals surface area contributed by atoms with Crippen LogP contribution >= 0.6 is 11.8 Å². The van der Waals surface area contributed by atoms with Gasteiger partial charge in [-0.25, -0.2) is 8.42 Å². The Labute approximate surface area is 138 Å². The van der Waals surface area contributed by atoms with Crippen molar-refractivity contribution in [2.24, 2.45) is 16.6 Å². The van der Waals surface area contributed by atoms with Crippen LogP contribution in [-0.2, 0) is 10.0 Å². The highest BCUT2D eigenvalue weighted by atomic mass is 32.2. The second-order valence-electron chi connectivity index (χ2n) is 5.59. The molecule has 0 atom stereocenters. The summed E-state index contributed by atoms with van der Waals surface area (Å²) in [7, 11) is -5.21. The number of nitrogens with two attached hydrogens (primary N) is 1. The fourth-order valence-electron chi connectivity index (χ4n) is 2.59. The van der Waals surface area contributed by atoms with Crippen LogP contribution in [0.25, 0.3) is 0 Å². The first kappa shape index (κ1) is 18.7. The quantitative estimate of drug-likeness (QED) is 0.587. The molecule has 2 aliphatic heterocycles. The molecule has 0 aliphatic carbocycles. The van der Waals surface area contributed by atoms with Crippen molar-refractivity contribution in [2.75, 3.05) is 44.2 Å². The molecule has 2 aliphatic rings. The maximum atomic E-state index is 12.5. The Kier molecular flexibility index (Phi) is 6.06. The SMILES string of the molecule is NC(=NCC1CCN(S(=O)(=O)C(F)(F)F)CC1)N1CCSCC1. The Morgan fingerprint density at radius 1 is 1.17 bits per heavy atom. The molecular formula is C12H21F3N4O2S2. The predicted molar refractivity (Wildman–Crippen MR) is 84.7 cm³/mol. The molecule has 23 heavy (non-hydrogen) atoms. The summed E-state index contributed by atoms with van der Waals surface area (Å²) in [6.45, 7) is 1.88. The molecule has 2 N–H and O–H groups in total. The highest BCUT2D eigenvalue weighted by Gasteiger charge is 2.50. The van der Waals surface area contributed by atoms with Crippen molar-refractivity contribution in [1.29, 1.82) is 0 Å². The van der Waals surface area contributed by atoms with Gasteiger partial charge in [0.25, 0.3) is 0 Å². The van der Waals surface area contributed by atoms with E-state index in [9.17, 15) is 21.6 Å². The van der Waals surface area contributed by atoms with Crippen LogP contribution in [0.5, 0.6) is 0 Å². The van der Waals surface area contributed by atoms with Crippen molar-refractivity contribution < 1.29 is 21.6 Å². The largest absolute Gasteiger partial charge is 0.511 e. The van der Waals surface area contributed by atoms with Crippen LogP contribution in [0.2, 0.25) is 0 Å². The summed E-state index contributed by atoms with van der Waals surface area (Å²) in [6, 6.07) is 0. The number of thioether (sulfide) groups is 1. The third kappa shape index (κ3) is 4.66. The number of hydrogen-bond acceptors (Lipinski definition) is 4. The van der Waals surface area contributed by atoms with E-state index in [4.69, 9.17) is 5.73 Å². The van der Waals surface area contributed by atoms with Gasteiger partial charge in [-0.3, -0.25) is 4.99 Å². The summed E-state index contributed by atoms with van der Waals surface area (Å²) in [4.78, 5) is 6.33. The number of aliphatic imine (C=N–C) groups is 1. The number of halogens is 3. The zero-order valence-corrected chi connectivity index (χ0v) is 14.3. The number of alkyl halides is 3. The number of rotatable bonds is 3. The highest BCUT2D eigenvalue weighted by molar-refractivity contribution is 7.99. The molecule has 0 radical (unpaired) electrons. The molecule has 0 aromatic carbocycles. The Balaban J connectivity index is 1.83. The van der Waals surface area contributed by atoms with Gasteiger partial charge < -0.3 is 10.6 Å². The topological polar surface area (TPSA) is 79.0 Å². The van der Waals surface area contributed by atoms with E-state index in [1.54, 1.807) is 0 Å². The van der Waals surface area contributed by atoms with Gasteiger partial charge in [0.1, 0.15) is 0 Å². The average molecular weight is 374 g/mol. The van der Waals surface area contributed by atoms with Gasteiger partial charge in [0.2, 0.25) is 0 Å². The number of nitrogens with zero attached hydrogens (tertiary/aromatic N) is 3. The summed E-state index contributed by atoms with van der Waals surface area (Å²) in [5.74, 6) is 2.54. The molecule has 134 valence electrons. The summed E-state index contributed by atoms with van der Waals surface area (Å²) in [6.07, 6.45) is 0.726. The van der Waals surface area contributed by atoms with Crippen LogP contribution in [0.4, 0.5) is 13.2 Å². The average Bonchev–Trinajstić information content (AvgIpc) is 2.53. The smallest absolute Gasteiger partial charge is 0.370 e. The van der Waals surface area contributed by atoms with Gasteiger partial charge in [0.05, 0.1) is 0 Å². The second-order valence-corrected chi connectivity index (χ2v) is 8.75. The maximum absolute atomic E-state index is 12.5. The molecule has 11 heteroatoms. The molecule has 0 saturated carbocycles. The van der Waals surface area contributed by atoms with E-state index in [-0.39, 0.29) is 19.0 Å². The van der Waals surface area contributed by atoms with Gasteiger partial charge in [-0.2, -0.15) is 29.2 Å². The molecule has 0 amide bonds. The lowest BCUT2D eigenvalue weighted by molar-refractivity contribution is -0.0496. The molecule has 0 aromatic rings. The first-order chi connectivity index (χ1) is 10.7. The highest BCUT2D eigenvalue weighted by Crippen LogP contribution is 2.30. The molecule has 2 heterocycles. The molecule has 2 saturated heterocycles. The zero-order valence-electron chi connectivity index (χ0n) is 12.6. The van der Waals surface area contributed by atoms with Crippen LogP contribution in [-0.4, -0.2) is 73.3 Å². The molecule has 2 rings (SSSR count). The van der Waals surface area contributed by atoms with E-state index in [1.165, 1.54) is 0 Å². The van der Waals surface area contributed by atoms with Crippen molar-refractivity contribution >= 4 is 27.7 Å². The molecular weight excluding hydrogens is 353 g/mol. The van der Waals surface area contributed by atoms with Crippen LogP contribution in [0, 0.1) is 5.92 Å². The lowest BCUT2D eigenvalue weighted by Crippen LogP contribution is -2.45. The minimum absolute atomic E-state index is 0.0624. The van der Waals surface area contributed by atoms with E-state index in [1.807, 2.05) is 16.7 Å². The minimum Gasteiger partial charge on any atom is -0.370 e. The summed E-state index contributed by atoms with van der Waals surface area (Å²) in [5, 5.41) is 0. The van der Waals surface area contributed by atoms with Gasteiger partial charge in [0.15, 0.2) is 5.96 Å². The number of hydrogen-bond donors (Lipinski definition) is 1. The predicted octanol–water partition coefficient (Wildman–Crippen LogP) is 0.912. The van der Waals surface area contributed by atoms with Crippen LogP contribution in [0.1, 0.15) is 12.8 Å². The lowest BCUT2D eigenvalue weighted by atomic mass is 9.98. The third-order valence-corrected chi connectivity index (χ3v) is 6.62. The number of sulfonamides is 1. The number of piperidine rings is 1. The Hall–Kier alpha value is -0.680. The zero-order chi connectivity index (χ0) is 17.1. The van der Waals surface area contributed by atoms with Crippen molar-refractivity contribution in [3.8, 4) is 0 Å². The third-order valence-electron chi connectivity index (χ3n) is 4.05. The summed E-state index contributed by atoms with van der Waals surface area (Å²) >= 11 is 1.86. The molecule has 0 unspecified atom stereocenters. The Morgan fingerprint density at radius 2 is 1.74 bits per heavy atom. The number of guanidine groups is 1. The molecule has 0 bridgehead atoms. The normalized spacial score (nSPS) is 23.3. The van der Waals surface area contributed by atoms with Gasteiger partial charge in [0, 0.05) is 44.2 Å². The standard InChI is InChI=1S/C12H21F3N4O2S2/c13-12(14,15)23(20,21)19-3-1-10(2-4-19)9-17-11(16)18-5-7-22-8-6-18/h10H,1-9H2,(H2,16,17). The first-order valence-corrected chi connectivity index (χ1v) is 10.0. The second kappa shape index (κ2) is 7.47. The Bertz CT molecular complexity index is 525. The maximum Gasteiger partial charge on any atom is 0.511 e. The molecule has 0 aromatic heterocycles. The fraction of sp³-hybridized carbons (Fsp3) is 0.917. The monoisotopic (exact) mass is 374 g/mol. The molecule has 6 nitrogen and oxygen atoms in total. The first-order valence-electron chi connectivity index (χ1n) is 7.41. The van der Waals surface area contributed by atoms with Crippen molar-refractivity contribution in [2.45, 2.75) is 18.3 Å². The van der Waals surface area contributed by atoms with Crippen molar-refractivity contribution in [3.63, 3.8) is 0 Å². The fourth-order valence-corrected chi connectivity index (χ4v) is 4.48. The summed E-state index contributed by atoms with van der Waals surface area (Å²) in [5.41, 5.74) is 0.703. The van der Waals surface area contributed by atoms with Gasteiger partial charge >= 0.3 is 15.5 Å². The van der Waals surface area contributed by atoms with E-state index in [0.717, 1.165) is 24.6 Å². The minimum atomic E-state index is -5.23. The molecule has 0 spiro atoms.